The number of hydrogen-bond acceptors (Lipinski definition) is 2. The molecule has 0 aromatic heterocycles. The molecule has 2 heteroatoms. The number of benzene rings is 3. The van der Waals surface area contributed by atoms with E-state index in [2.05, 4.69) is 6.07 Å². The SMILES string of the molecule is COc1ccc2cc(Oc3cc[c]cc3)ccc2c1. The van der Waals surface area contributed by atoms with Crippen LogP contribution in [0.5, 0.6) is 17.2 Å². The lowest BCUT2D eigenvalue weighted by Crippen LogP contribution is -1.85. The zero-order chi connectivity index (χ0) is 13.1. The molecule has 0 bridgehead atoms. The maximum absolute atomic E-state index is 5.79. The average Bonchev–Trinajstić information content (AvgIpc) is 2.48. The van der Waals surface area contributed by atoms with E-state index in [1.165, 1.54) is 0 Å². The van der Waals surface area contributed by atoms with Gasteiger partial charge in [-0.15, -0.1) is 0 Å². The van der Waals surface area contributed by atoms with Crippen LogP contribution in [-0.4, -0.2) is 7.11 Å². The second-order valence-electron chi connectivity index (χ2n) is 4.21. The smallest absolute Gasteiger partial charge is 0.128 e. The summed E-state index contributed by atoms with van der Waals surface area (Å²) >= 11 is 0. The van der Waals surface area contributed by atoms with E-state index in [-0.39, 0.29) is 0 Å². The Hall–Kier alpha value is -2.48. The molecule has 0 amide bonds. The molecule has 3 rings (SSSR count). The number of ether oxygens (including phenoxy) is 2. The van der Waals surface area contributed by atoms with E-state index in [9.17, 15) is 0 Å². The van der Waals surface area contributed by atoms with Crippen molar-refractivity contribution in [2.24, 2.45) is 0 Å². The topological polar surface area (TPSA) is 18.5 Å². The third-order valence-electron chi connectivity index (χ3n) is 2.94. The van der Waals surface area contributed by atoms with E-state index in [0.717, 1.165) is 28.0 Å². The summed E-state index contributed by atoms with van der Waals surface area (Å²) in [5.41, 5.74) is 0. The van der Waals surface area contributed by atoms with Crippen LogP contribution in [-0.2, 0) is 0 Å². The zero-order valence-electron chi connectivity index (χ0n) is 10.6. The fourth-order valence-corrected chi connectivity index (χ4v) is 1.97. The van der Waals surface area contributed by atoms with E-state index in [1.807, 2.05) is 60.7 Å². The highest BCUT2D eigenvalue weighted by Crippen LogP contribution is 2.27. The molecule has 0 saturated heterocycles. The predicted molar refractivity (Wildman–Crippen MR) is 75.9 cm³/mol. The molecule has 93 valence electrons. The maximum Gasteiger partial charge on any atom is 0.128 e. The largest absolute Gasteiger partial charge is 0.497 e. The Kier molecular flexibility index (Phi) is 3.07. The van der Waals surface area contributed by atoms with Crippen molar-refractivity contribution in [3.63, 3.8) is 0 Å². The summed E-state index contributed by atoms with van der Waals surface area (Å²) in [6, 6.07) is 22.4. The van der Waals surface area contributed by atoms with Crippen molar-refractivity contribution >= 4 is 10.8 Å². The fourth-order valence-electron chi connectivity index (χ4n) is 1.97. The van der Waals surface area contributed by atoms with Crippen molar-refractivity contribution in [1.82, 2.24) is 0 Å². The van der Waals surface area contributed by atoms with Crippen molar-refractivity contribution in [1.29, 1.82) is 0 Å². The van der Waals surface area contributed by atoms with Crippen LogP contribution in [0.15, 0.2) is 60.7 Å². The summed E-state index contributed by atoms with van der Waals surface area (Å²) in [5, 5.41) is 2.26. The van der Waals surface area contributed by atoms with Crippen molar-refractivity contribution in [3.05, 3.63) is 66.7 Å². The van der Waals surface area contributed by atoms with Gasteiger partial charge in [-0.3, -0.25) is 0 Å². The zero-order valence-corrected chi connectivity index (χ0v) is 10.6. The molecule has 0 fully saturated rings. The molecular weight excluding hydrogens is 236 g/mol. The Balaban J connectivity index is 1.94. The minimum absolute atomic E-state index is 0.812. The number of hydrogen-bond donors (Lipinski definition) is 0. The Labute approximate surface area is 112 Å². The third-order valence-corrected chi connectivity index (χ3v) is 2.94. The first-order valence-electron chi connectivity index (χ1n) is 6.07. The minimum Gasteiger partial charge on any atom is -0.497 e. The molecule has 0 heterocycles. The van der Waals surface area contributed by atoms with Gasteiger partial charge in [-0.2, -0.15) is 0 Å². The van der Waals surface area contributed by atoms with Gasteiger partial charge in [0.2, 0.25) is 0 Å². The monoisotopic (exact) mass is 249 g/mol. The summed E-state index contributed by atoms with van der Waals surface area (Å²) in [6.07, 6.45) is 0. The molecule has 0 N–H and O–H groups in total. The Morgan fingerprint density at radius 1 is 0.737 bits per heavy atom. The molecule has 0 aliphatic heterocycles. The van der Waals surface area contributed by atoms with Crippen LogP contribution in [0.3, 0.4) is 0 Å². The Morgan fingerprint density at radius 3 is 2.05 bits per heavy atom. The molecule has 19 heavy (non-hydrogen) atoms. The van der Waals surface area contributed by atoms with Crippen molar-refractivity contribution in [2.75, 3.05) is 7.11 Å². The van der Waals surface area contributed by atoms with Gasteiger partial charge in [0.1, 0.15) is 17.2 Å². The summed E-state index contributed by atoms with van der Waals surface area (Å²) in [5.74, 6) is 2.50. The van der Waals surface area contributed by atoms with Gasteiger partial charge in [-0.25, -0.2) is 0 Å². The van der Waals surface area contributed by atoms with Crippen molar-refractivity contribution < 1.29 is 9.47 Å². The molecule has 3 aromatic rings. The Bertz CT molecular complexity index is 690. The second kappa shape index (κ2) is 5.02. The van der Waals surface area contributed by atoms with E-state index in [0.29, 0.717) is 0 Å². The van der Waals surface area contributed by atoms with Crippen LogP contribution < -0.4 is 9.47 Å². The number of fused-ring (bicyclic) bond motifs is 1. The minimum atomic E-state index is 0.812. The normalized spacial score (nSPS) is 10.4. The fraction of sp³-hybridized carbons (Fsp3) is 0.0588. The van der Waals surface area contributed by atoms with Gasteiger partial charge in [0, 0.05) is 0 Å². The van der Waals surface area contributed by atoms with Crippen LogP contribution in [0.4, 0.5) is 0 Å². The summed E-state index contributed by atoms with van der Waals surface area (Å²) in [6.45, 7) is 0. The van der Waals surface area contributed by atoms with E-state index < -0.39 is 0 Å². The molecular formula is C17H13O2. The standard InChI is InChI=1S/C17H13O2/c1-18-16-9-7-14-12-17(10-8-13(14)11-16)19-15-5-3-2-4-6-15/h3-12H,1H3. The summed E-state index contributed by atoms with van der Waals surface area (Å²) in [7, 11) is 1.67. The van der Waals surface area contributed by atoms with Crippen LogP contribution in [0.1, 0.15) is 0 Å². The molecule has 0 saturated carbocycles. The van der Waals surface area contributed by atoms with Gasteiger partial charge < -0.3 is 9.47 Å². The van der Waals surface area contributed by atoms with Gasteiger partial charge in [-0.05, 0) is 53.2 Å². The molecule has 0 spiro atoms. The molecule has 0 atom stereocenters. The van der Waals surface area contributed by atoms with E-state index >= 15 is 0 Å². The number of methoxy groups -OCH3 is 1. The quantitative estimate of drug-likeness (QED) is 0.683. The molecule has 1 radical (unpaired) electrons. The van der Waals surface area contributed by atoms with Crippen LogP contribution in [0.2, 0.25) is 0 Å². The van der Waals surface area contributed by atoms with Gasteiger partial charge in [0.05, 0.1) is 7.11 Å². The van der Waals surface area contributed by atoms with E-state index in [4.69, 9.17) is 9.47 Å². The van der Waals surface area contributed by atoms with Gasteiger partial charge in [0.25, 0.3) is 0 Å². The highest BCUT2D eigenvalue weighted by atomic mass is 16.5. The summed E-state index contributed by atoms with van der Waals surface area (Å²) in [4.78, 5) is 0. The maximum atomic E-state index is 5.79. The summed E-state index contributed by atoms with van der Waals surface area (Å²) < 4.78 is 11.0. The Morgan fingerprint density at radius 2 is 1.37 bits per heavy atom. The van der Waals surface area contributed by atoms with Crippen LogP contribution in [0.25, 0.3) is 10.8 Å². The first-order chi connectivity index (χ1) is 9.35. The van der Waals surface area contributed by atoms with Crippen molar-refractivity contribution in [3.8, 4) is 17.2 Å². The molecule has 3 aromatic carbocycles. The second-order valence-corrected chi connectivity index (χ2v) is 4.21. The van der Waals surface area contributed by atoms with Gasteiger partial charge in [0.15, 0.2) is 0 Å². The first-order valence-corrected chi connectivity index (χ1v) is 6.07. The lowest BCUT2D eigenvalue weighted by molar-refractivity contribution is 0.415. The molecule has 0 aliphatic carbocycles. The van der Waals surface area contributed by atoms with Crippen molar-refractivity contribution in [2.45, 2.75) is 0 Å². The predicted octanol–water partition coefficient (Wildman–Crippen LogP) is 4.44. The highest BCUT2D eigenvalue weighted by molar-refractivity contribution is 5.85. The van der Waals surface area contributed by atoms with Crippen LogP contribution in [0, 0.1) is 6.07 Å². The van der Waals surface area contributed by atoms with E-state index in [1.54, 1.807) is 7.11 Å². The molecule has 0 unspecified atom stereocenters. The van der Waals surface area contributed by atoms with Gasteiger partial charge >= 0.3 is 0 Å². The lowest BCUT2D eigenvalue weighted by Gasteiger charge is -2.07. The average molecular weight is 249 g/mol. The van der Waals surface area contributed by atoms with Gasteiger partial charge in [-0.1, -0.05) is 24.3 Å². The first kappa shape index (κ1) is 11.6. The number of rotatable bonds is 3. The molecule has 0 aliphatic rings. The highest BCUT2D eigenvalue weighted by Gasteiger charge is 2.00. The lowest BCUT2D eigenvalue weighted by atomic mass is 10.1. The van der Waals surface area contributed by atoms with Crippen LogP contribution >= 0.6 is 0 Å². The molecule has 2 nitrogen and oxygen atoms in total. The third kappa shape index (κ3) is 2.52.